The number of nitrogens with zero attached hydrogens (tertiary/aromatic N) is 1. The zero-order valence-electron chi connectivity index (χ0n) is 15.3. The summed E-state index contributed by atoms with van der Waals surface area (Å²) in [7, 11) is 1.62. The minimum absolute atomic E-state index is 0.00240. The van der Waals surface area contributed by atoms with Crippen molar-refractivity contribution in [3.8, 4) is 5.75 Å². The Labute approximate surface area is 149 Å². The Balaban J connectivity index is 1.79. The number of likely N-dealkylation sites (tertiary alicyclic amines) is 1. The van der Waals surface area contributed by atoms with Crippen molar-refractivity contribution in [2.24, 2.45) is 5.92 Å². The second-order valence-corrected chi connectivity index (χ2v) is 6.31. The quantitative estimate of drug-likeness (QED) is 0.763. The second-order valence-electron chi connectivity index (χ2n) is 6.31. The van der Waals surface area contributed by atoms with E-state index in [0.29, 0.717) is 13.2 Å². The highest BCUT2D eigenvalue weighted by atomic mass is 16.5. The van der Waals surface area contributed by atoms with E-state index in [1.54, 1.807) is 7.11 Å². The average Bonchev–Trinajstić information content (AvgIpc) is 2.66. The molecule has 1 N–H and O–H groups in total. The highest BCUT2D eigenvalue weighted by Crippen LogP contribution is 2.20. The van der Waals surface area contributed by atoms with Gasteiger partial charge in [0.15, 0.2) is 0 Å². The van der Waals surface area contributed by atoms with Crippen molar-refractivity contribution in [1.82, 2.24) is 10.2 Å². The third-order valence-electron chi connectivity index (χ3n) is 4.68. The molecule has 138 valence electrons. The number of benzene rings is 1. The molecule has 6 nitrogen and oxygen atoms in total. The van der Waals surface area contributed by atoms with Crippen LogP contribution in [0.25, 0.3) is 0 Å². The number of hydrogen-bond acceptors (Lipinski definition) is 5. The maximum atomic E-state index is 12.4. The van der Waals surface area contributed by atoms with Crippen LogP contribution in [0.1, 0.15) is 32.3 Å². The maximum Gasteiger partial charge on any atom is 0.309 e. The number of rotatable bonds is 7. The van der Waals surface area contributed by atoms with E-state index in [9.17, 15) is 9.59 Å². The lowest BCUT2D eigenvalue weighted by Crippen LogP contribution is -2.48. The molecule has 1 fully saturated rings. The number of nitrogens with one attached hydrogen (secondary N) is 1. The Morgan fingerprint density at radius 2 is 2.04 bits per heavy atom. The van der Waals surface area contributed by atoms with Gasteiger partial charge in [-0.1, -0.05) is 12.1 Å². The van der Waals surface area contributed by atoms with Gasteiger partial charge >= 0.3 is 5.97 Å². The Morgan fingerprint density at radius 3 is 2.68 bits per heavy atom. The minimum Gasteiger partial charge on any atom is -0.497 e. The van der Waals surface area contributed by atoms with Gasteiger partial charge in [0, 0.05) is 6.54 Å². The van der Waals surface area contributed by atoms with Crippen LogP contribution < -0.4 is 10.1 Å². The molecule has 0 spiro atoms. The van der Waals surface area contributed by atoms with E-state index in [0.717, 1.165) is 37.2 Å². The van der Waals surface area contributed by atoms with Crippen molar-refractivity contribution >= 4 is 11.9 Å². The molecule has 0 aromatic heterocycles. The summed E-state index contributed by atoms with van der Waals surface area (Å²) >= 11 is 0. The largest absolute Gasteiger partial charge is 0.497 e. The number of hydrogen-bond donors (Lipinski definition) is 1. The van der Waals surface area contributed by atoms with Crippen molar-refractivity contribution < 1.29 is 19.1 Å². The number of carbonyl (C=O) groups excluding carboxylic acids is 2. The summed E-state index contributed by atoms with van der Waals surface area (Å²) < 4.78 is 10.3. The van der Waals surface area contributed by atoms with E-state index in [1.165, 1.54) is 0 Å². The van der Waals surface area contributed by atoms with E-state index in [1.807, 2.05) is 38.1 Å². The van der Waals surface area contributed by atoms with Crippen molar-refractivity contribution in [3.05, 3.63) is 29.8 Å². The van der Waals surface area contributed by atoms with Crippen molar-refractivity contribution in [1.29, 1.82) is 0 Å². The van der Waals surface area contributed by atoms with Crippen LogP contribution in [-0.4, -0.2) is 49.6 Å². The molecule has 0 aliphatic carbocycles. The van der Waals surface area contributed by atoms with Crippen LogP contribution in [0.4, 0.5) is 0 Å². The number of ether oxygens (including phenoxy) is 2. The van der Waals surface area contributed by atoms with Crippen LogP contribution >= 0.6 is 0 Å². The summed E-state index contributed by atoms with van der Waals surface area (Å²) in [4.78, 5) is 26.3. The summed E-state index contributed by atoms with van der Waals surface area (Å²) in [5, 5.41) is 2.97. The smallest absolute Gasteiger partial charge is 0.309 e. The first-order chi connectivity index (χ1) is 12.0. The Morgan fingerprint density at radius 1 is 1.32 bits per heavy atom. The van der Waals surface area contributed by atoms with Gasteiger partial charge < -0.3 is 14.8 Å². The van der Waals surface area contributed by atoms with Crippen LogP contribution in [-0.2, 0) is 20.9 Å². The predicted molar refractivity (Wildman–Crippen MR) is 95.2 cm³/mol. The topological polar surface area (TPSA) is 67.9 Å². The molecule has 1 aromatic carbocycles. The molecule has 1 heterocycles. The summed E-state index contributed by atoms with van der Waals surface area (Å²) in [6.07, 6.45) is 1.48. The van der Waals surface area contributed by atoms with E-state index in [4.69, 9.17) is 9.47 Å². The van der Waals surface area contributed by atoms with Gasteiger partial charge in [0.1, 0.15) is 5.75 Å². The Bertz CT molecular complexity index is 583. The molecule has 0 saturated carbocycles. The number of esters is 1. The number of piperidine rings is 1. The van der Waals surface area contributed by atoms with Crippen molar-refractivity contribution in [3.63, 3.8) is 0 Å². The Hall–Kier alpha value is -2.08. The summed E-state index contributed by atoms with van der Waals surface area (Å²) in [6, 6.07) is 7.44. The van der Waals surface area contributed by atoms with E-state index in [2.05, 4.69) is 10.2 Å². The molecular formula is C19H28N2O4. The SMILES string of the molecule is CCOC(=O)C1CCN(C(C)C(=O)NCc2cccc(OC)c2)CC1. The zero-order chi connectivity index (χ0) is 18.2. The van der Waals surface area contributed by atoms with Gasteiger partial charge in [-0.25, -0.2) is 0 Å². The minimum atomic E-state index is -0.214. The fourth-order valence-electron chi connectivity index (χ4n) is 3.07. The molecule has 1 aliphatic rings. The van der Waals surface area contributed by atoms with E-state index in [-0.39, 0.29) is 23.8 Å². The molecular weight excluding hydrogens is 320 g/mol. The zero-order valence-corrected chi connectivity index (χ0v) is 15.3. The molecule has 2 rings (SSSR count). The first-order valence-corrected chi connectivity index (χ1v) is 8.86. The van der Waals surface area contributed by atoms with Crippen molar-refractivity contribution in [2.75, 3.05) is 26.8 Å². The standard InChI is InChI=1S/C19H28N2O4/c1-4-25-19(23)16-8-10-21(11-9-16)14(2)18(22)20-13-15-6-5-7-17(12-15)24-3/h5-7,12,14,16H,4,8-11,13H2,1-3H3,(H,20,22). The Kier molecular flexibility index (Phi) is 7.25. The summed E-state index contributed by atoms with van der Waals surface area (Å²) in [5.41, 5.74) is 1.00. The average molecular weight is 348 g/mol. The molecule has 1 unspecified atom stereocenters. The molecule has 25 heavy (non-hydrogen) atoms. The monoisotopic (exact) mass is 348 g/mol. The van der Waals surface area contributed by atoms with Crippen LogP contribution in [0.3, 0.4) is 0 Å². The van der Waals surface area contributed by atoms with E-state index >= 15 is 0 Å². The third-order valence-corrected chi connectivity index (χ3v) is 4.68. The molecule has 1 aromatic rings. The molecule has 1 amide bonds. The third kappa shape index (κ3) is 5.46. The molecule has 6 heteroatoms. The number of amides is 1. The highest BCUT2D eigenvalue weighted by molar-refractivity contribution is 5.81. The fraction of sp³-hybridized carbons (Fsp3) is 0.579. The normalized spacial score (nSPS) is 16.9. The lowest BCUT2D eigenvalue weighted by atomic mass is 9.96. The number of carbonyl (C=O) groups is 2. The van der Waals surface area contributed by atoms with Crippen LogP contribution in [0, 0.1) is 5.92 Å². The van der Waals surface area contributed by atoms with Gasteiger partial charge in [0.2, 0.25) is 5.91 Å². The molecule has 1 aliphatic heterocycles. The van der Waals surface area contributed by atoms with Crippen LogP contribution in [0.2, 0.25) is 0 Å². The first kappa shape index (κ1) is 19.2. The molecule has 1 atom stereocenters. The second kappa shape index (κ2) is 9.42. The maximum absolute atomic E-state index is 12.4. The van der Waals surface area contributed by atoms with E-state index < -0.39 is 0 Å². The van der Waals surface area contributed by atoms with Gasteiger partial charge in [-0.3, -0.25) is 14.5 Å². The van der Waals surface area contributed by atoms with Crippen LogP contribution in [0.5, 0.6) is 5.75 Å². The van der Waals surface area contributed by atoms with Gasteiger partial charge in [-0.2, -0.15) is 0 Å². The lowest BCUT2D eigenvalue weighted by molar-refractivity contribution is -0.149. The predicted octanol–water partition coefficient (Wildman–Crippen LogP) is 1.97. The molecule has 0 radical (unpaired) electrons. The molecule has 0 bridgehead atoms. The van der Waals surface area contributed by atoms with Gasteiger partial charge in [0.05, 0.1) is 25.7 Å². The van der Waals surface area contributed by atoms with Gasteiger partial charge in [0.25, 0.3) is 0 Å². The van der Waals surface area contributed by atoms with Crippen molar-refractivity contribution in [2.45, 2.75) is 39.3 Å². The van der Waals surface area contributed by atoms with Gasteiger partial charge in [-0.15, -0.1) is 0 Å². The lowest BCUT2D eigenvalue weighted by Gasteiger charge is -2.34. The summed E-state index contributed by atoms with van der Waals surface area (Å²) in [6.45, 7) is 6.09. The first-order valence-electron chi connectivity index (χ1n) is 8.86. The fourth-order valence-corrected chi connectivity index (χ4v) is 3.07. The highest BCUT2D eigenvalue weighted by Gasteiger charge is 2.30. The van der Waals surface area contributed by atoms with Crippen LogP contribution in [0.15, 0.2) is 24.3 Å². The summed E-state index contributed by atoms with van der Waals surface area (Å²) in [5.74, 6) is 0.624. The molecule has 1 saturated heterocycles. The number of methoxy groups -OCH3 is 1. The van der Waals surface area contributed by atoms with Gasteiger partial charge in [-0.05, 0) is 57.5 Å².